The molecule has 8 nitrogen and oxygen atoms in total. The molecule has 2 aromatic rings. The van der Waals surface area contributed by atoms with Crippen LogP contribution in [0.5, 0.6) is 11.5 Å². The first-order chi connectivity index (χ1) is 15.8. The van der Waals surface area contributed by atoms with Crippen LogP contribution in [0.15, 0.2) is 41.3 Å². The van der Waals surface area contributed by atoms with Crippen molar-refractivity contribution in [3.8, 4) is 11.5 Å². The third kappa shape index (κ3) is 4.42. The van der Waals surface area contributed by atoms with Crippen molar-refractivity contribution in [3.63, 3.8) is 0 Å². The van der Waals surface area contributed by atoms with E-state index >= 15 is 0 Å². The van der Waals surface area contributed by atoms with Gasteiger partial charge in [0, 0.05) is 30.6 Å². The molecule has 2 heterocycles. The zero-order valence-electron chi connectivity index (χ0n) is 18.4. The van der Waals surface area contributed by atoms with Crippen molar-refractivity contribution in [3.05, 3.63) is 47.5 Å². The van der Waals surface area contributed by atoms with Crippen molar-refractivity contribution in [1.29, 1.82) is 0 Å². The van der Waals surface area contributed by atoms with Gasteiger partial charge in [0.2, 0.25) is 18.6 Å². The number of carbonyl (C=O) groups is 2. The van der Waals surface area contributed by atoms with Crippen LogP contribution in [0.1, 0.15) is 37.3 Å². The molecule has 0 radical (unpaired) electrons. The van der Waals surface area contributed by atoms with Gasteiger partial charge in [-0.25, -0.2) is 8.42 Å². The number of benzene rings is 2. The zero-order valence-corrected chi connectivity index (χ0v) is 19.2. The van der Waals surface area contributed by atoms with Gasteiger partial charge >= 0.3 is 0 Å². The van der Waals surface area contributed by atoms with Crippen molar-refractivity contribution in [2.24, 2.45) is 5.92 Å². The van der Waals surface area contributed by atoms with Crippen LogP contribution in [0.2, 0.25) is 0 Å². The molecule has 174 valence electrons. The van der Waals surface area contributed by atoms with E-state index in [-0.39, 0.29) is 54.2 Å². The fourth-order valence-electron chi connectivity index (χ4n) is 4.35. The Morgan fingerprint density at radius 1 is 1.09 bits per heavy atom. The number of hydrogen-bond acceptors (Lipinski definition) is 6. The second-order valence-electron chi connectivity index (χ2n) is 8.86. The first kappa shape index (κ1) is 21.8. The van der Waals surface area contributed by atoms with E-state index in [4.69, 9.17) is 9.47 Å². The number of hydrogen-bond donors (Lipinski definition) is 1. The first-order valence-electron chi connectivity index (χ1n) is 11.2. The highest BCUT2D eigenvalue weighted by Crippen LogP contribution is 2.39. The molecular formula is C24H26N2O6S. The van der Waals surface area contributed by atoms with E-state index in [0.717, 1.165) is 29.7 Å². The fraction of sp³-hybridized carbons (Fsp3) is 0.417. The summed E-state index contributed by atoms with van der Waals surface area (Å²) in [6.45, 7) is 2.44. The largest absolute Gasteiger partial charge is 0.454 e. The zero-order chi connectivity index (χ0) is 23.2. The van der Waals surface area contributed by atoms with E-state index in [2.05, 4.69) is 5.32 Å². The normalized spacial score (nSPS) is 18.8. The molecule has 1 fully saturated rings. The Bertz CT molecular complexity index is 1220. The number of nitrogens with one attached hydrogen (secondary N) is 1. The summed E-state index contributed by atoms with van der Waals surface area (Å²) >= 11 is 0. The monoisotopic (exact) mass is 470 g/mol. The minimum absolute atomic E-state index is 0.0213. The summed E-state index contributed by atoms with van der Waals surface area (Å²) in [5.74, 6) is 0.924. The summed E-state index contributed by atoms with van der Waals surface area (Å²) in [6.07, 6.45) is 2.36. The van der Waals surface area contributed by atoms with Gasteiger partial charge < -0.3 is 19.7 Å². The van der Waals surface area contributed by atoms with Crippen LogP contribution >= 0.6 is 0 Å². The maximum atomic E-state index is 12.9. The predicted octanol–water partition coefficient (Wildman–Crippen LogP) is 2.58. The minimum atomic E-state index is -3.63. The summed E-state index contributed by atoms with van der Waals surface area (Å²) in [5.41, 5.74) is 2.51. The van der Waals surface area contributed by atoms with Gasteiger partial charge in [-0.2, -0.15) is 0 Å². The van der Waals surface area contributed by atoms with Gasteiger partial charge in [-0.1, -0.05) is 6.07 Å². The fourth-order valence-corrected chi connectivity index (χ4v) is 5.64. The lowest BCUT2D eigenvalue weighted by Gasteiger charge is -2.22. The van der Waals surface area contributed by atoms with Gasteiger partial charge in [0.1, 0.15) is 0 Å². The summed E-state index contributed by atoms with van der Waals surface area (Å²) in [7, 11) is -3.63. The van der Waals surface area contributed by atoms with E-state index in [9.17, 15) is 18.0 Å². The summed E-state index contributed by atoms with van der Waals surface area (Å²) in [6, 6.07) is 10.4. The highest BCUT2D eigenvalue weighted by molar-refractivity contribution is 7.91. The number of carbonyl (C=O) groups excluding carboxylic acids is 2. The Morgan fingerprint density at radius 3 is 2.67 bits per heavy atom. The van der Waals surface area contributed by atoms with Gasteiger partial charge in [0.05, 0.1) is 10.6 Å². The van der Waals surface area contributed by atoms with Gasteiger partial charge in [-0.05, 0) is 67.6 Å². The van der Waals surface area contributed by atoms with Gasteiger partial charge in [0.15, 0.2) is 21.3 Å². The van der Waals surface area contributed by atoms with Crippen LogP contribution in [0.25, 0.3) is 0 Å². The quantitative estimate of drug-likeness (QED) is 0.667. The molecule has 2 aliphatic heterocycles. The molecule has 2 aromatic carbocycles. The van der Waals surface area contributed by atoms with E-state index in [1.54, 1.807) is 30.3 Å². The number of sulfone groups is 1. The number of fused-ring (bicyclic) bond motifs is 2. The molecule has 1 saturated carbocycles. The average Bonchev–Trinajstić information content (AvgIpc) is 3.45. The Balaban J connectivity index is 1.19. The molecule has 1 N–H and O–H groups in total. The molecule has 1 atom stereocenters. The lowest BCUT2D eigenvalue weighted by atomic mass is 10.1. The molecule has 0 aromatic heterocycles. The summed E-state index contributed by atoms with van der Waals surface area (Å²) in [4.78, 5) is 26.9. The minimum Gasteiger partial charge on any atom is -0.454 e. The highest BCUT2D eigenvalue weighted by Gasteiger charge is 2.39. The molecule has 9 heteroatoms. The summed E-state index contributed by atoms with van der Waals surface area (Å²) in [5, 5.41) is 2.75. The lowest BCUT2D eigenvalue weighted by Crippen LogP contribution is -2.36. The molecule has 0 spiro atoms. The lowest BCUT2D eigenvalue weighted by molar-refractivity contribution is -0.121. The number of rotatable bonds is 7. The molecule has 0 saturated heterocycles. The third-order valence-corrected chi connectivity index (χ3v) is 8.03. The Labute approximate surface area is 192 Å². The molecule has 2 amide bonds. The van der Waals surface area contributed by atoms with Crippen LogP contribution in [0.3, 0.4) is 0 Å². The Morgan fingerprint density at radius 2 is 1.88 bits per heavy atom. The Kier molecular flexibility index (Phi) is 5.52. The molecule has 3 aliphatic rings. The highest BCUT2D eigenvalue weighted by atomic mass is 32.2. The van der Waals surface area contributed by atoms with Crippen LogP contribution in [-0.2, 0) is 32.4 Å². The van der Waals surface area contributed by atoms with Crippen molar-refractivity contribution >= 4 is 27.3 Å². The second-order valence-corrected chi connectivity index (χ2v) is 11.0. The van der Waals surface area contributed by atoms with Crippen LogP contribution in [0.4, 0.5) is 5.69 Å². The van der Waals surface area contributed by atoms with Crippen LogP contribution < -0.4 is 19.7 Å². The molecule has 0 unspecified atom stereocenters. The maximum absolute atomic E-state index is 12.9. The van der Waals surface area contributed by atoms with Crippen LogP contribution in [0, 0.1) is 5.92 Å². The second kappa shape index (κ2) is 8.37. The van der Waals surface area contributed by atoms with E-state index in [1.165, 1.54) is 0 Å². The van der Waals surface area contributed by atoms with Gasteiger partial charge in [0.25, 0.3) is 0 Å². The van der Waals surface area contributed by atoms with Gasteiger partial charge in [-0.3, -0.25) is 9.59 Å². The topological polar surface area (TPSA) is 102 Å². The third-order valence-electron chi connectivity index (χ3n) is 6.31. The number of nitrogens with zero attached hydrogens (tertiary/aromatic N) is 1. The van der Waals surface area contributed by atoms with E-state index < -0.39 is 9.84 Å². The number of amides is 2. The predicted molar refractivity (Wildman–Crippen MR) is 121 cm³/mol. The molecule has 5 rings (SSSR count). The SMILES string of the molecule is C[C@@H]1Cc2cc(S(=O)(=O)CCC(=O)NCc3ccc4c(c3)OCO4)ccc2N1C(=O)C1CC1. The average molecular weight is 471 g/mol. The van der Waals surface area contributed by atoms with Crippen molar-refractivity contribution < 1.29 is 27.5 Å². The van der Waals surface area contributed by atoms with E-state index in [1.807, 2.05) is 17.9 Å². The number of anilines is 1. The van der Waals surface area contributed by atoms with Crippen molar-refractivity contribution in [1.82, 2.24) is 5.32 Å². The first-order valence-corrected chi connectivity index (χ1v) is 12.8. The Hall–Kier alpha value is -3.07. The maximum Gasteiger partial charge on any atom is 0.231 e. The molecular weight excluding hydrogens is 444 g/mol. The molecule has 1 aliphatic carbocycles. The van der Waals surface area contributed by atoms with Crippen LogP contribution in [-0.4, -0.2) is 38.8 Å². The standard InChI is InChI=1S/C24H26N2O6S/c1-15-10-18-12-19(5-6-20(18)26(15)24(28)17-3-4-17)33(29,30)9-8-23(27)25-13-16-2-7-21-22(11-16)32-14-31-21/h2,5-7,11-12,15,17H,3-4,8-10,13-14H2,1H3,(H,25,27)/t15-/m1/s1. The van der Waals surface area contributed by atoms with Crippen molar-refractivity contribution in [2.45, 2.75) is 50.1 Å². The molecule has 0 bridgehead atoms. The number of ether oxygens (including phenoxy) is 2. The van der Waals surface area contributed by atoms with Crippen molar-refractivity contribution in [2.75, 3.05) is 17.4 Å². The van der Waals surface area contributed by atoms with Gasteiger partial charge in [-0.15, -0.1) is 0 Å². The molecule has 33 heavy (non-hydrogen) atoms. The summed E-state index contributed by atoms with van der Waals surface area (Å²) < 4.78 is 36.3. The van der Waals surface area contributed by atoms with E-state index in [0.29, 0.717) is 17.9 Å². The smallest absolute Gasteiger partial charge is 0.231 e.